The number of thioether (sulfide) groups is 1. The van der Waals surface area contributed by atoms with Gasteiger partial charge < -0.3 is 5.32 Å². The fourth-order valence-corrected chi connectivity index (χ4v) is 1.90. The van der Waals surface area contributed by atoms with Gasteiger partial charge in [0, 0.05) is 16.3 Å². The van der Waals surface area contributed by atoms with Crippen molar-refractivity contribution < 1.29 is 4.79 Å². The van der Waals surface area contributed by atoms with Crippen molar-refractivity contribution in [2.45, 2.75) is 12.2 Å². The lowest BCUT2D eigenvalue weighted by molar-refractivity contribution is 0.0954. The van der Waals surface area contributed by atoms with Crippen LogP contribution in [-0.2, 0) is 0 Å². The van der Waals surface area contributed by atoms with E-state index in [9.17, 15) is 4.79 Å². The third-order valence-electron chi connectivity index (χ3n) is 2.13. The SMILES string of the molecule is CSC(C)CNC(=O)c1cc(Br)ccc1Cl. The van der Waals surface area contributed by atoms with E-state index in [0.717, 1.165) is 4.47 Å². The van der Waals surface area contributed by atoms with E-state index in [1.807, 2.05) is 12.3 Å². The van der Waals surface area contributed by atoms with E-state index in [1.54, 1.807) is 23.9 Å². The summed E-state index contributed by atoms with van der Waals surface area (Å²) in [6.45, 7) is 2.70. The van der Waals surface area contributed by atoms with Crippen molar-refractivity contribution in [3.8, 4) is 0 Å². The highest BCUT2D eigenvalue weighted by molar-refractivity contribution is 9.10. The minimum absolute atomic E-state index is 0.132. The molecule has 0 fully saturated rings. The first-order chi connectivity index (χ1) is 7.54. The van der Waals surface area contributed by atoms with E-state index < -0.39 is 0 Å². The highest BCUT2D eigenvalue weighted by atomic mass is 79.9. The largest absolute Gasteiger partial charge is 0.351 e. The van der Waals surface area contributed by atoms with Gasteiger partial charge in [-0.1, -0.05) is 34.5 Å². The first-order valence-electron chi connectivity index (χ1n) is 4.80. The Hall–Kier alpha value is -0.190. The maximum Gasteiger partial charge on any atom is 0.252 e. The number of nitrogens with one attached hydrogen (secondary N) is 1. The Kier molecular flexibility index (Phi) is 5.66. The zero-order valence-corrected chi connectivity index (χ0v) is 12.2. The number of carbonyl (C=O) groups excluding carboxylic acids is 1. The predicted octanol–water partition coefficient (Wildman–Crippen LogP) is 3.58. The normalized spacial score (nSPS) is 12.2. The fourth-order valence-electron chi connectivity index (χ4n) is 1.09. The van der Waals surface area contributed by atoms with Gasteiger partial charge in [0.2, 0.25) is 0 Å². The van der Waals surface area contributed by atoms with E-state index in [2.05, 4.69) is 28.2 Å². The molecule has 16 heavy (non-hydrogen) atoms. The molecule has 0 aromatic heterocycles. The molecule has 88 valence electrons. The summed E-state index contributed by atoms with van der Waals surface area (Å²) in [5, 5.41) is 3.72. The summed E-state index contributed by atoms with van der Waals surface area (Å²) < 4.78 is 0.847. The van der Waals surface area contributed by atoms with Crippen LogP contribution >= 0.6 is 39.3 Å². The number of rotatable bonds is 4. The average Bonchev–Trinajstić information content (AvgIpc) is 2.28. The van der Waals surface area contributed by atoms with Crippen LogP contribution < -0.4 is 5.32 Å². The lowest BCUT2D eigenvalue weighted by Gasteiger charge is -2.10. The Morgan fingerprint density at radius 2 is 2.31 bits per heavy atom. The van der Waals surface area contributed by atoms with Gasteiger partial charge in [-0.25, -0.2) is 0 Å². The smallest absolute Gasteiger partial charge is 0.252 e. The first kappa shape index (κ1) is 13.9. The molecule has 1 N–H and O–H groups in total. The number of hydrogen-bond donors (Lipinski definition) is 1. The number of hydrogen-bond acceptors (Lipinski definition) is 2. The van der Waals surface area contributed by atoms with E-state index >= 15 is 0 Å². The summed E-state index contributed by atoms with van der Waals surface area (Å²) in [5.74, 6) is -0.132. The Labute approximate surface area is 113 Å². The van der Waals surface area contributed by atoms with Crippen molar-refractivity contribution in [2.75, 3.05) is 12.8 Å². The second-order valence-electron chi connectivity index (χ2n) is 3.38. The van der Waals surface area contributed by atoms with Crippen molar-refractivity contribution >= 4 is 45.2 Å². The molecule has 1 unspecified atom stereocenters. The maximum atomic E-state index is 11.8. The number of halogens is 2. The number of benzene rings is 1. The molecular formula is C11H13BrClNOS. The zero-order chi connectivity index (χ0) is 12.1. The molecule has 0 heterocycles. The maximum absolute atomic E-state index is 11.8. The van der Waals surface area contributed by atoms with E-state index in [-0.39, 0.29) is 5.91 Å². The highest BCUT2D eigenvalue weighted by Gasteiger charge is 2.11. The molecule has 0 aliphatic heterocycles. The molecule has 1 amide bonds. The first-order valence-corrected chi connectivity index (χ1v) is 7.26. The second-order valence-corrected chi connectivity index (χ2v) is 5.98. The molecule has 1 atom stereocenters. The summed E-state index contributed by atoms with van der Waals surface area (Å²) in [7, 11) is 0. The van der Waals surface area contributed by atoms with Gasteiger partial charge in [-0.15, -0.1) is 0 Å². The lowest BCUT2D eigenvalue weighted by atomic mass is 10.2. The highest BCUT2D eigenvalue weighted by Crippen LogP contribution is 2.20. The molecule has 0 saturated carbocycles. The van der Waals surface area contributed by atoms with Crippen molar-refractivity contribution in [3.63, 3.8) is 0 Å². The third kappa shape index (κ3) is 4.00. The van der Waals surface area contributed by atoms with Gasteiger partial charge in [-0.3, -0.25) is 4.79 Å². The van der Waals surface area contributed by atoms with E-state index in [1.165, 1.54) is 0 Å². The molecule has 5 heteroatoms. The molecular weight excluding hydrogens is 310 g/mol. The zero-order valence-electron chi connectivity index (χ0n) is 9.09. The molecule has 1 aromatic carbocycles. The molecule has 0 radical (unpaired) electrons. The molecule has 0 aliphatic carbocycles. The van der Waals surface area contributed by atoms with Crippen LogP contribution in [0.15, 0.2) is 22.7 Å². The van der Waals surface area contributed by atoms with Crippen LogP contribution in [0.25, 0.3) is 0 Å². The molecule has 0 saturated heterocycles. The molecule has 0 bridgehead atoms. The van der Waals surface area contributed by atoms with Crippen molar-refractivity contribution in [1.29, 1.82) is 0 Å². The molecule has 1 rings (SSSR count). The molecule has 2 nitrogen and oxygen atoms in total. The Balaban J connectivity index is 2.69. The Bertz CT molecular complexity index is 386. The Morgan fingerprint density at radius 1 is 1.62 bits per heavy atom. The van der Waals surface area contributed by atoms with Crippen LogP contribution in [0.5, 0.6) is 0 Å². The quantitative estimate of drug-likeness (QED) is 0.918. The van der Waals surface area contributed by atoms with Crippen LogP contribution in [0.1, 0.15) is 17.3 Å². The molecule has 0 aliphatic rings. The summed E-state index contributed by atoms with van der Waals surface area (Å²) in [6, 6.07) is 5.24. The second kappa shape index (κ2) is 6.52. The monoisotopic (exact) mass is 321 g/mol. The van der Waals surface area contributed by atoms with Gasteiger partial charge in [0.15, 0.2) is 0 Å². The molecule has 0 spiro atoms. The van der Waals surface area contributed by atoms with Gasteiger partial charge in [-0.05, 0) is 24.5 Å². The van der Waals surface area contributed by atoms with Crippen LogP contribution in [0.4, 0.5) is 0 Å². The number of carbonyl (C=O) groups is 1. The van der Waals surface area contributed by atoms with Crippen molar-refractivity contribution in [1.82, 2.24) is 5.32 Å². The van der Waals surface area contributed by atoms with Gasteiger partial charge in [0.05, 0.1) is 10.6 Å². The summed E-state index contributed by atoms with van der Waals surface area (Å²) in [5.41, 5.74) is 0.504. The minimum atomic E-state index is -0.132. The van der Waals surface area contributed by atoms with E-state index in [0.29, 0.717) is 22.4 Å². The van der Waals surface area contributed by atoms with Crippen LogP contribution in [0, 0.1) is 0 Å². The van der Waals surface area contributed by atoms with Gasteiger partial charge in [-0.2, -0.15) is 11.8 Å². The number of amides is 1. The van der Waals surface area contributed by atoms with Crippen molar-refractivity contribution in [2.24, 2.45) is 0 Å². The standard InChI is InChI=1S/C11H13BrClNOS/c1-7(16-2)6-14-11(15)9-5-8(12)3-4-10(9)13/h3-5,7H,6H2,1-2H3,(H,14,15). The van der Waals surface area contributed by atoms with Crippen LogP contribution in [0.3, 0.4) is 0 Å². The minimum Gasteiger partial charge on any atom is -0.351 e. The summed E-state index contributed by atoms with van der Waals surface area (Å²) >= 11 is 11.0. The van der Waals surface area contributed by atoms with Crippen molar-refractivity contribution in [3.05, 3.63) is 33.3 Å². The van der Waals surface area contributed by atoms with Crippen LogP contribution in [-0.4, -0.2) is 24.0 Å². The summed E-state index contributed by atoms with van der Waals surface area (Å²) in [4.78, 5) is 11.8. The van der Waals surface area contributed by atoms with Gasteiger partial charge in [0.25, 0.3) is 5.91 Å². The van der Waals surface area contributed by atoms with Gasteiger partial charge in [0.1, 0.15) is 0 Å². The van der Waals surface area contributed by atoms with E-state index in [4.69, 9.17) is 11.6 Å². The average molecular weight is 323 g/mol. The van der Waals surface area contributed by atoms with Gasteiger partial charge >= 0.3 is 0 Å². The predicted molar refractivity (Wildman–Crippen MR) is 74.5 cm³/mol. The fraction of sp³-hybridized carbons (Fsp3) is 0.364. The summed E-state index contributed by atoms with van der Waals surface area (Å²) in [6.07, 6.45) is 2.02. The third-order valence-corrected chi connectivity index (χ3v) is 3.92. The van der Waals surface area contributed by atoms with Crippen LogP contribution in [0.2, 0.25) is 5.02 Å². The topological polar surface area (TPSA) is 29.1 Å². The lowest BCUT2D eigenvalue weighted by Crippen LogP contribution is -2.29. The molecule has 1 aromatic rings. The Morgan fingerprint density at radius 3 is 2.94 bits per heavy atom.